The number of carbonyl (C=O) groups is 1. The first-order chi connectivity index (χ1) is 12.9. The number of amides is 1. The molecule has 0 unspecified atom stereocenters. The van der Waals surface area contributed by atoms with Crippen molar-refractivity contribution in [2.75, 3.05) is 40.4 Å². The Labute approximate surface area is 160 Å². The third kappa shape index (κ3) is 3.95. The van der Waals surface area contributed by atoms with Crippen molar-refractivity contribution in [1.29, 1.82) is 0 Å². The predicted molar refractivity (Wildman–Crippen MR) is 104 cm³/mol. The van der Waals surface area contributed by atoms with Crippen LogP contribution in [-0.2, 0) is 6.54 Å². The number of ether oxygens (including phenoxy) is 2. The Morgan fingerprint density at radius 3 is 2.30 bits per heavy atom. The molecule has 1 aromatic carbocycles. The van der Waals surface area contributed by atoms with Gasteiger partial charge in [-0.2, -0.15) is 0 Å². The molecule has 3 rings (SSSR count). The van der Waals surface area contributed by atoms with Crippen molar-refractivity contribution >= 4 is 5.91 Å². The van der Waals surface area contributed by atoms with Crippen molar-refractivity contribution in [3.05, 3.63) is 46.4 Å². The SMILES string of the molecule is COc1ccc(OC)c(CN2CCN(C(=O)c3c(C)oc(C)c3C)CC2)c1. The molecule has 1 aromatic heterocycles. The molecule has 0 N–H and O–H groups in total. The highest BCUT2D eigenvalue weighted by molar-refractivity contribution is 5.97. The maximum atomic E-state index is 12.9. The molecule has 0 radical (unpaired) electrons. The quantitative estimate of drug-likeness (QED) is 0.807. The summed E-state index contributed by atoms with van der Waals surface area (Å²) in [6.07, 6.45) is 0. The highest BCUT2D eigenvalue weighted by Gasteiger charge is 2.27. The summed E-state index contributed by atoms with van der Waals surface area (Å²) in [5, 5.41) is 0. The van der Waals surface area contributed by atoms with E-state index >= 15 is 0 Å². The largest absolute Gasteiger partial charge is 0.497 e. The molecule has 0 spiro atoms. The van der Waals surface area contributed by atoms with E-state index in [1.54, 1.807) is 14.2 Å². The third-order valence-corrected chi connectivity index (χ3v) is 5.32. The maximum absolute atomic E-state index is 12.9. The summed E-state index contributed by atoms with van der Waals surface area (Å²) in [6, 6.07) is 5.84. The molecular formula is C21H28N2O4. The van der Waals surface area contributed by atoms with Crippen molar-refractivity contribution in [3.8, 4) is 11.5 Å². The van der Waals surface area contributed by atoms with Crippen LogP contribution in [0.3, 0.4) is 0 Å². The molecule has 1 aliphatic heterocycles. The van der Waals surface area contributed by atoms with Gasteiger partial charge in [0.1, 0.15) is 23.0 Å². The van der Waals surface area contributed by atoms with Crippen LogP contribution in [0.4, 0.5) is 0 Å². The van der Waals surface area contributed by atoms with Gasteiger partial charge in [0.25, 0.3) is 5.91 Å². The zero-order chi connectivity index (χ0) is 19.6. The minimum absolute atomic E-state index is 0.0699. The van der Waals surface area contributed by atoms with Crippen molar-refractivity contribution in [2.24, 2.45) is 0 Å². The van der Waals surface area contributed by atoms with E-state index < -0.39 is 0 Å². The molecule has 1 amide bonds. The van der Waals surface area contributed by atoms with Gasteiger partial charge in [-0.15, -0.1) is 0 Å². The normalized spacial score (nSPS) is 15.1. The Kier molecular flexibility index (Phi) is 5.75. The number of nitrogens with zero attached hydrogens (tertiary/aromatic N) is 2. The Hall–Kier alpha value is -2.47. The van der Waals surface area contributed by atoms with Crippen LogP contribution < -0.4 is 9.47 Å². The minimum atomic E-state index is 0.0699. The molecule has 2 aromatic rings. The van der Waals surface area contributed by atoms with E-state index in [4.69, 9.17) is 13.9 Å². The molecule has 0 bridgehead atoms. The minimum Gasteiger partial charge on any atom is -0.497 e. The zero-order valence-corrected chi connectivity index (χ0v) is 16.8. The fourth-order valence-electron chi connectivity index (χ4n) is 3.62. The van der Waals surface area contributed by atoms with E-state index in [1.165, 1.54) is 0 Å². The van der Waals surface area contributed by atoms with E-state index in [0.29, 0.717) is 18.8 Å². The van der Waals surface area contributed by atoms with Gasteiger partial charge in [-0.25, -0.2) is 0 Å². The van der Waals surface area contributed by atoms with Gasteiger partial charge in [0.2, 0.25) is 0 Å². The van der Waals surface area contributed by atoms with Crippen LogP contribution in [0.2, 0.25) is 0 Å². The second-order valence-electron chi connectivity index (χ2n) is 6.96. The number of furan rings is 1. The summed E-state index contributed by atoms with van der Waals surface area (Å²) >= 11 is 0. The topological polar surface area (TPSA) is 55.2 Å². The predicted octanol–water partition coefficient (Wildman–Crippen LogP) is 3.18. The van der Waals surface area contributed by atoms with Crippen molar-refractivity contribution in [3.63, 3.8) is 0 Å². The highest BCUT2D eigenvalue weighted by Crippen LogP contribution is 2.26. The zero-order valence-electron chi connectivity index (χ0n) is 16.8. The summed E-state index contributed by atoms with van der Waals surface area (Å²) in [6.45, 7) is 9.53. The lowest BCUT2D eigenvalue weighted by Crippen LogP contribution is -2.48. The van der Waals surface area contributed by atoms with Crippen LogP contribution in [0.5, 0.6) is 11.5 Å². The van der Waals surface area contributed by atoms with Crippen LogP contribution >= 0.6 is 0 Å². The average Bonchev–Trinajstić information content (AvgIpc) is 2.93. The molecule has 0 aliphatic carbocycles. The van der Waals surface area contributed by atoms with Crippen molar-refractivity contribution in [1.82, 2.24) is 9.80 Å². The molecule has 1 aliphatic rings. The Balaban J connectivity index is 1.65. The Morgan fingerprint density at radius 1 is 1.04 bits per heavy atom. The molecular weight excluding hydrogens is 344 g/mol. The number of methoxy groups -OCH3 is 2. The standard InChI is InChI=1S/C21H28N2O4/c1-14-15(2)27-16(3)20(14)21(24)23-10-8-22(9-11-23)13-17-12-18(25-4)6-7-19(17)26-5/h6-7,12H,8-11,13H2,1-5H3. The van der Waals surface area contributed by atoms with Gasteiger partial charge in [0.15, 0.2) is 0 Å². The van der Waals surface area contributed by atoms with Gasteiger partial charge < -0.3 is 18.8 Å². The van der Waals surface area contributed by atoms with Crippen LogP contribution in [0.15, 0.2) is 22.6 Å². The lowest BCUT2D eigenvalue weighted by molar-refractivity contribution is 0.0625. The lowest BCUT2D eigenvalue weighted by atomic mass is 10.1. The summed E-state index contributed by atoms with van der Waals surface area (Å²) in [7, 11) is 3.34. The van der Waals surface area contributed by atoms with E-state index in [2.05, 4.69) is 4.90 Å². The molecule has 6 nitrogen and oxygen atoms in total. The number of rotatable bonds is 5. The van der Waals surface area contributed by atoms with Gasteiger partial charge in [0.05, 0.1) is 19.8 Å². The number of carbonyl (C=O) groups excluding carboxylic acids is 1. The van der Waals surface area contributed by atoms with E-state index in [0.717, 1.165) is 53.6 Å². The number of hydrogen-bond acceptors (Lipinski definition) is 5. The number of piperazine rings is 1. The summed E-state index contributed by atoms with van der Waals surface area (Å²) in [5.41, 5.74) is 2.75. The van der Waals surface area contributed by atoms with Crippen LogP contribution in [-0.4, -0.2) is 56.1 Å². The highest BCUT2D eigenvalue weighted by atomic mass is 16.5. The van der Waals surface area contributed by atoms with Gasteiger partial charge >= 0.3 is 0 Å². The Morgan fingerprint density at radius 2 is 1.74 bits per heavy atom. The molecule has 27 heavy (non-hydrogen) atoms. The fourth-order valence-corrected chi connectivity index (χ4v) is 3.62. The molecule has 146 valence electrons. The summed E-state index contributed by atoms with van der Waals surface area (Å²) in [4.78, 5) is 17.2. The van der Waals surface area contributed by atoms with Crippen molar-refractivity contribution in [2.45, 2.75) is 27.3 Å². The van der Waals surface area contributed by atoms with Gasteiger partial charge in [0, 0.05) is 43.9 Å². The van der Waals surface area contributed by atoms with E-state index in [1.807, 2.05) is 43.9 Å². The molecule has 1 fully saturated rings. The summed E-state index contributed by atoms with van der Waals surface area (Å²) < 4.78 is 16.4. The van der Waals surface area contributed by atoms with Gasteiger partial charge in [-0.05, 0) is 39.0 Å². The van der Waals surface area contributed by atoms with E-state index in [9.17, 15) is 4.79 Å². The number of aryl methyl sites for hydroxylation is 2. The second kappa shape index (κ2) is 8.05. The second-order valence-corrected chi connectivity index (χ2v) is 6.96. The van der Waals surface area contributed by atoms with Crippen LogP contribution in [0.1, 0.15) is 33.0 Å². The average molecular weight is 372 g/mol. The molecule has 1 saturated heterocycles. The number of hydrogen-bond donors (Lipinski definition) is 0. The van der Waals surface area contributed by atoms with Gasteiger partial charge in [-0.1, -0.05) is 0 Å². The van der Waals surface area contributed by atoms with E-state index in [-0.39, 0.29) is 5.91 Å². The molecule has 0 atom stereocenters. The first kappa shape index (κ1) is 19.3. The smallest absolute Gasteiger partial charge is 0.257 e. The lowest BCUT2D eigenvalue weighted by Gasteiger charge is -2.35. The fraction of sp³-hybridized carbons (Fsp3) is 0.476. The molecule has 6 heteroatoms. The molecule has 2 heterocycles. The first-order valence-corrected chi connectivity index (χ1v) is 9.23. The number of benzene rings is 1. The van der Waals surface area contributed by atoms with Crippen LogP contribution in [0, 0.1) is 20.8 Å². The van der Waals surface area contributed by atoms with Gasteiger partial charge in [-0.3, -0.25) is 9.69 Å². The molecule has 0 saturated carbocycles. The summed E-state index contributed by atoms with van der Waals surface area (Å²) in [5.74, 6) is 3.27. The first-order valence-electron chi connectivity index (χ1n) is 9.23. The monoisotopic (exact) mass is 372 g/mol. The van der Waals surface area contributed by atoms with Crippen molar-refractivity contribution < 1.29 is 18.7 Å². The van der Waals surface area contributed by atoms with Crippen LogP contribution in [0.25, 0.3) is 0 Å². The third-order valence-electron chi connectivity index (χ3n) is 5.32. The maximum Gasteiger partial charge on any atom is 0.257 e. The Bertz CT molecular complexity index is 820.